The molecule has 0 saturated heterocycles. The lowest BCUT2D eigenvalue weighted by molar-refractivity contribution is 0.301. The fraction of sp³-hybridized carbons (Fsp3) is 0.571. The second-order valence-electron chi connectivity index (χ2n) is 6.13. The third-order valence-corrected chi connectivity index (χ3v) is 6.28. The third-order valence-electron chi connectivity index (χ3n) is 3.69. The van der Waals surface area contributed by atoms with Crippen molar-refractivity contribution in [2.45, 2.75) is 38.6 Å². The van der Waals surface area contributed by atoms with E-state index >= 15 is 0 Å². The average Bonchev–Trinajstić information content (AvgIpc) is 2.69. The number of rotatable bonds is 3. The van der Waals surface area contributed by atoms with Crippen molar-refractivity contribution in [3.63, 3.8) is 0 Å². The highest BCUT2D eigenvalue weighted by Gasteiger charge is 2.30. The van der Waals surface area contributed by atoms with E-state index in [0.29, 0.717) is 6.54 Å². The van der Waals surface area contributed by atoms with Gasteiger partial charge in [0, 0.05) is 25.3 Å². The summed E-state index contributed by atoms with van der Waals surface area (Å²) < 4.78 is 23.5. The van der Waals surface area contributed by atoms with Gasteiger partial charge in [0.25, 0.3) is 0 Å². The highest BCUT2D eigenvalue weighted by Crippen LogP contribution is 2.27. The van der Waals surface area contributed by atoms with Crippen LogP contribution in [0.25, 0.3) is 0 Å². The molecule has 0 amide bonds. The minimum Gasteiger partial charge on any atom is -0.398 e. The molecule has 4 nitrogen and oxygen atoms in total. The number of hydrogen-bond acceptors (Lipinski definition) is 4. The van der Waals surface area contributed by atoms with Gasteiger partial charge >= 0.3 is 0 Å². The quantitative estimate of drug-likeness (QED) is 0.859. The highest BCUT2D eigenvalue weighted by molar-refractivity contribution is 7.92. The first-order valence-corrected chi connectivity index (χ1v) is 8.17. The van der Waals surface area contributed by atoms with Crippen molar-refractivity contribution in [3.05, 3.63) is 29.3 Å². The van der Waals surface area contributed by atoms with E-state index in [-0.39, 0.29) is 5.75 Å². The molecule has 0 radical (unpaired) electrons. The van der Waals surface area contributed by atoms with Crippen LogP contribution in [-0.2, 0) is 22.9 Å². The van der Waals surface area contributed by atoms with E-state index in [1.807, 2.05) is 12.1 Å². The molecule has 0 fully saturated rings. The van der Waals surface area contributed by atoms with E-state index in [0.717, 1.165) is 24.3 Å². The van der Waals surface area contributed by atoms with Gasteiger partial charge in [-0.25, -0.2) is 8.42 Å². The molecular weight excluding hydrogens is 260 g/mol. The SMILES string of the molecule is CC(C)(C)S(=O)(=O)CCN1Cc2cccc(N)c2C1. The number of hydrogen-bond donors (Lipinski definition) is 1. The first-order valence-electron chi connectivity index (χ1n) is 6.51. The van der Waals surface area contributed by atoms with Crippen LogP contribution in [-0.4, -0.2) is 30.4 Å². The van der Waals surface area contributed by atoms with E-state index < -0.39 is 14.6 Å². The van der Waals surface area contributed by atoms with Crippen LogP contribution < -0.4 is 5.73 Å². The lowest BCUT2D eigenvalue weighted by Crippen LogP contribution is -2.35. The summed E-state index contributed by atoms with van der Waals surface area (Å²) in [6.07, 6.45) is 0. The summed E-state index contributed by atoms with van der Waals surface area (Å²) in [5.74, 6) is 0.199. The number of fused-ring (bicyclic) bond motifs is 1. The topological polar surface area (TPSA) is 63.4 Å². The minimum atomic E-state index is -3.06. The smallest absolute Gasteiger partial charge is 0.156 e. The van der Waals surface area contributed by atoms with E-state index in [1.54, 1.807) is 20.8 Å². The molecular formula is C14H22N2O2S. The second-order valence-corrected chi connectivity index (χ2v) is 8.99. The predicted octanol–water partition coefficient (Wildman–Crippen LogP) is 1.80. The Bertz CT molecular complexity index is 574. The Labute approximate surface area is 115 Å². The van der Waals surface area contributed by atoms with Gasteiger partial charge in [0.1, 0.15) is 0 Å². The maximum absolute atomic E-state index is 12.1. The van der Waals surface area contributed by atoms with Crippen molar-refractivity contribution in [2.24, 2.45) is 0 Å². The van der Waals surface area contributed by atoms with Crippen molar-refractivity contribution >= 4 is 15.5 Å². The summed E-state index contributed by atoms with van der Waals surface area (Å²) in [7, 11) is -3.06. The summed E-state index contributed by atoms with van der Waals surface area (Å²) in [6.45, 7) is 7.35. The molecule has 0 atom stereocenters. The third kappa shape index (κ3) is 2.92. The molecule has 0 saturated carbocycles. The number of nitrogen functional groups attached to an aromatic ring is 1. The van der Waals surface area contributed by atoms with Gasteiger partial charge in [-0.15, -0.1) is 0 Å². The number of nitrogens with zero attached hydrogens (tertiary/aromatic N) is 1. The molecule has 1 aromatic carbocycles. The van der Waals surface area contributed by atoms with E-state index in [1.165, 1.54) is 5.56 Å². The van der Waals surface area contributed by atoms with Gasteiger partial charge in [-0.05, 0) is 38.0 Å². The van der Waals surface area contributed by atoms with Crippen LogP contribution in [0, 0.1) is 0 Å². The molecule has 0 bridgehead atoms. The number of sulfone groups is 1. The second kappa shape index (κ2) is 4.80. The Morgan fingerprint density at radius 1 is 1.26 bits per heavy atom. The maximum atomic E-state index is 12.1. The first kappa shape index (κ1) is 14.3. The van der Waals surface area contributed by atoms with Gasteiger partial charge in [0.15, 0.2) is 9.84 Å². The number of benzene rings is 1. The van der Waals surface area contributed by atoms with Crippen LogP contribution in [0.15, 0.2) is 18.2 Å². The van der Waals surface area contributed by atoms with E-state index in [2.05, 4.69) is 11.0 Å². The Balaban J connectivity index is 2.01. The molecule has 1 heterocycles. The van der Waals surface area contributed by atoms with Crippen molar-refractivity contribution in [1.82, 2.24) is 4.90 Å². The van der Waals surface area contributed by atoms with E-state index in [4.69, 9.17) is 5.73 Å². The van der Waals surface area contributed by atoms with Gasteiger partial charge in [0.2, 0.25) is 0 Å². The van der Waals surface area contributed by atoms with Crippen molar-refractivity contribution in [2.75, 3.05) is 18.0 Å². The van der Waals surface area contributed by atoms with Crippen LogP contribution in [0.5, 0.6) is 0 Å². The van der Waals surface area contributed by atoms with Gasteiger partial charge in [-0.2, -0.15) is 0 Å². The zero-order valence-corrected chi connectivity index (χ0v) is 12.6. The lowest BCUT2D eigenvalue weighted by atomic mass is 10.1. The molecule has 0 unspecified atom stereocenters. The fourth-order valence-electron chi connectivity index (χ4n) is 2.23. The van der Waals surface area contributed by atoms with Gasteiger partial charge in [0.05, 0.1) is 10.5 Å². The van der Waals surface area contributed by atoms with Gasteiger partial charge in [-0.1, -0.05) is 12.1 Å². The number of anilines is 1. The molecule has 1 aromatic rings. The molecule has 0 aromatic heterocycles. The zero-order valence-electron chi connectivity index (χ0n) is 11.8. The molecule has 0 spiro atoms. The van der Waals surface area contributed by atoms with Gasteiger partial charge < -0.3 is 5.73 Å². The summed E-state index contributed by atoms with van der Waals surface area (Å²) in [5, 5.41) is 0. The maximum Gasteiger partial charge on any atom is 0.156 e. The summed E-state index contributed by atoms with van der Waals surface area (Å²) in [6, 6.07) is 5.90. The summed E-state index contributed by atoms with van der Waals surface area (Å²) in [4.78, 5) is 2.14. The molecule has 106 valence electrons. The standard InChI is InChI=1S/C14H22N2O2S/c1-14(2,3)19(17,18)8-7-16-9-11-5-4-6-13(15)12(11)10-16/h4-6H,7-10,15H2,1-3H3. The summed E-state index contributed by atoms with van der Waals surface area (Å²) in [5.41, 5.74) is 9.11. The van der Waals surface area contributed by atoms with Crippen LogP contribution >= 0.6 is 0 Å². The van der Waals surface area contributed by atoms with Crippen molar-refractivity contribution in [1.29, 1.82) is 0 Å². The normalized spacial score (nSPS) is 16.6. The molecule has 2 rings (SSSR count). The van der Waals surface area contributed by atoms with Crippen LogP contribution in [0.4, 0.5) is 5.69 Å². The Morgan fingerprint density at radius 2 is 1.95 bits per heavy atom. The predicted molar refractivity (Wildman–Crippen MR) is 78.5 cm³/mol. The molecule has 2 N–H and O–H groups in total. The fourth-order valence-corrected chi connectivity index (χ4v) is 3.34. The monoisotopic (exact) mass is 282 g/mol. The molecule has 5 heteroatoms. The Hall–Kier alpha value is -1.07. The minimum absolute atomic E-state index is 0.199. The Morgan fingerprint density at radius 3 is 2.53 bits per heavy atom. The zero-order chi connectivity index (χ0) is 14.3. The summed E-state index contributed by atoms with van der Waals surface area (Å²) >= 11 is 0. The average molecular weight is 282 g/mol. The first-order chi connectivity index (χ1) is 8.71. The molecule has 1 aliphatic rings. The highest BCUT2D eigenvalue weighted by atomic mass is 32.2. The lowest BCUT2D eigenvalue weighted by Gasteiger charge is -2.21. The van der Waals surface area contributed by atoms with Crippen LogP contribution in [0.3, 0.4) is 0 Å². The molecule has 19 heavy (non-hydrogen) atoms. The van der Waals surface area contributed by atoms with Crippen LogP contribution in [0.2, 0.25) is 0 Å². The number of nitrogens with two attached hydrogens (primary N) is 1. The van der Waals surface area contributed by atoms with Gasteiger partial charge in [-0.3, -0.25) is 4.90 Å². The molecule has 0 aliphatic carbocycles. The van der Waals surface area contributed by atoms with E-state index in [9.17, 15) is 8.42 Å². The van der Waals surface area contributed by atoms with Crippen molar-refractivity contribution in [3.8, 4) is 0 Å². The molecule has 1 aliphatic heterocycles. The van der Waals surface area contributed by atoms with Crippen LogP contribution in [0.1, 0.15) is 31.9 Å². The Kier molecular flexibility index (Phi) is 3.62. The largest absolute Gasteiger partial charge is 0.398 e. The van der Waals surface area contributed by atoms with Crippen molar-refractivity contribution < 1.29 is 8.42 Å².